The normalized spacial score (nSPS) is 15.6. The van der Waals surface area contributed by atoms with E-state index in [0.29, 0.717) is 29.6 Å². The van der Waals surface area contributed by atoms with Gasteiger partial charge < -0.3 is 14.5 Å². The second-order valence-electron chi connectivity index (χ2n) is 8.81. The average molecular weight is 428 g/mol. The molecule has 6 nitrogen and oxygen atoms in total. The van der Waals surface area contributed by atoms with Gasteiger partial charge in [0.2, 0.25) is 0 Å². The lowest BCUT2D eigenvalue weighted by molar-refractivity contribution is 0.0989. The summed E-state index contributed by atoms with van der Waals surface area (Å²) in [6.45, 7) is 12.0. The summed E-state index contributed by atoms with van der Waals surface area (Å²) in [6.07, 6.45) is 5.33. The summed E-state index contributed by atoms with van der Waals surface area (Å²) in [6, 6.07) is 7.67. The molecule has 1 amide bonds. The van der Waals surface area contributed by atoms with Crippen molar-refractivity contribution in [2.75, 3.05) is 36.2 Å². The molecule has 2 heterocycles. The Balaban J connectivity index is 1.80. The van der Waals surface area contributed by atoms with Crippen LogP contribution in [-0.4, -0.2) is 48.4 Å². The van der Waals surface area contributed by atoms with Crippen LogP contribution in [0.4, 0.5) is 11.5 Å². The van der Waals surface area contributed by atoms with Gasteiger partial charge in [-0.05, 0) is 43.6 Å². The maximum atomic E-state index is 13.3. The van der Waals surface area contributed by atoms with Gasteiger partial charge in [-0.2, -0.15) is 0 Å². The molecule has 3 rings (SSSR count). The van der Waals surface area contributed by atoms with Gasteiger partial charge in [0.15, 0.2) is 5.16 Å². The molecular weight excluding hydrogens is 396 g/mol. The van der Waals surface area contributed by atoms with Gasteiger partial charge in [-0.1, -0.05) is 38.6 Å². The van der Waals surface area contributed by atoms with Crippen LogP contribution in [0.15, 0.2) is 35.6 Å². The third-order valence-electron chi connectivity index (χ3n) is 5.07. The molecule has 0 saturated heterocycles. The number of fused-ring (bicyclic) bond motifs is 1. The van der Waals surface area contributed by atoms with Gasteiger partial charge in [0.05, 0.1) is 6.10 Å². The second-order valence-corrected chi connectivity index (χ2v) is 9.58. The van der Waals surface area contributed by atoms with Crippen molar-refractivity contribution < 1.29 is 9.53 Å². The van der Waals surface area contributed by atoms with Crippen molar-refractivity contribution in [3.8, 4) is 5.75 Å². The van der Waals surface area contributed by atoms with Crippen LogP contribution in [0.2, 0.25) is 0 Å². The first kappa shape index (κ1) is 22.4. The summed E-state index contributed by atoms with van der Waals surface area (Å²) < 4.78 is 6.04. The van der Waals surface area contributed by atoms with Crippen LogP contribution in [0, 0.1) is 12.3 Å². The lowest BCUT2D eigenvalue weighted by Gasteiger charge is -2.24. The lowest BCUT2D eigenvalue weighted by Crippen LogP contribution is -2.33. The molecule has 0 saturated carbocycles. The van der Waals surface area contributed by atoms with E-state index in [0.717, 1.165) is 24.3 Å². The van der Waals surface area contributed by atoms with Crippen molar-refractivity contribution in [3.63, 3.8) is 0 Å². The number of benzene rings is 1. The smallest absolute Gasteiger partial charge is 0.263 e. The third-order valence-corrected chi connectivity index (χ3v) is 5.64. The molecule has 7 heteroatoms. The van der Waals surface area contributed by atoms with Gasteiger partial charge in [-0.3, -0.25) is 4.79 Å². The van der Waals surface area contributed by atoms with Crippen molar-refractivity contribution in [3.05, 3.63) is 42.9 Å². The van der Waals surface area contributed by atoms with Gasteiger partial charge in [0.1, 0.15) is 17.1 Å². The van der Waals surface area contributed by atoms with Gasteiger partial charge in [0, 0.05) is 38.1 Å². The van der Waals surface area contributed by atoms with Crippen molar-refractivity contribution in [1.29, 1.82) is 0 Å². The van der Waals surface area contributed by atoms with Gasteiger partial charge >= 0.3 is 0 Å². The standard InChI is InChI=1S/C23H31N4O2S/c1-16(10-11-23(2,3)4)29-18-9-7-8-17(14-18)27-13-12-26(5)20-19(21(27)28)15-24-22(25-20)30-6/h7-9,14-16H,1,10-13H2,2-6H3. The first-order valence-electron chi connectivity index (χ1n) is 10.2. The Labute approximate surface area is 184 Å². The van der Waals surface area contributed by atoms with E-state index in [1.54, 1.807) is 11.1 Å². The van der Waals surface area contributed by atoms with E-state index in [1.165, 1.54) is 11.8 Å². The molecular formula is C23H31N4O2S. The number of carbonyl (C=O) groups is 1. The zero-order chi connectivity index (χ0) is 21.9. The van der Waals surface area contributed by atoms with Crippen molar-refractivity contribution in [2.24, 2.45) is 5.41 Å². The zero-order valence-corrected chi connectivity index (χ0v) is 19.3. The fraction of sp³-hybridized carbons (Fsp3) is 0.478. The summed E-state index contributed by atoms with van der Waals surface area (Å²) in [5.41, 5.74) is 1.56. The number of hydrogen-bond acceptors (Lipinski definition) is 6. The molecule has 1 atom stereocenters. The number of aromatic nitrogens is 2. The fourth-order valence-electron chi connectivity index (χ4n) is 3.32. The summed E-state index contributed by atoms with van der Waals surface area (Å²) in [4.78, 5) is 25.9. The predicted octanol–water partition coefficient (Wildman–Crippen LogP) is 4.70. The first-order chi connectivity index (χ1) is 14.2. The summed E-state index contributed by atoms with van der Waals surface area (Å²) in [5.74, 6) is 1.30. The number of thioether (sulfide) groups is 1. The maximum Gasteiger partial charge on any atom is 0.263 e. The third kappa shape index (κ3) is 5.45. The highest BCUT2D eigenvalue weighted by Gasteiger charge is 2.28. The minimum absolute atomic E-state index is 0.0990. The number of rotatable bonds is 6. The second kappa shape index (κ2) is 9.25. The Bertz CT molecular complexity index is 897. The lowest BCUT2D eigenvalue weighted by atomic mass is 9.89. The molecule has 30 heavy (non-hydrogen) atoms. The van der Waals surface area contributed by atoms with Crippen LogP contribution in [0.3, 0.4) is 0 Å². The van der Waals surface area contributed by atoms with E-state index in [2.05, 4.69) is 37.7 Å². The largest absolute Gasteiger partial charge is 0.490 e. The molecule has 0 spiro atoms. The summed E-state index contributed by atoms with van der Waals surface area (Å²) in [5, 5.41) is 0.661. The topological polar surface area (TPSA) is 58.6 Å². The minimum Gasteiger partial charge on any atom is -0.490 e. The number of anilines is 2. The Morgan fingerprint density at radius 2 is 2.07 bits per heavy atom. The fourth-order valence-corrected chi connectivity index (χ4v) is 3.65. The number of ether oxygens (including phenoxy) is 1. The van der Waals surface area contributed by atoms with Crippen LogP contribution in [0.5, 0.6) is 5.75 Å². The van der Waals surface area contributed by atoms with E-state index in [-0.39, 0.29) is 17.4 Å². The van der Waals surface area contributed by atoms with E-state index < -0.39 is 0 Å². The van der Waals surface area contributed by atoms with Crippen LogP contribution >= 0.6 is 11.8 Å². The monoisotopic (exact) mass is 427 g/mol. The van der Waals surface area contributed by atoms with Gasteiger partial charge in [-0.25, -0.2) is 9.97 Å². The van der Waals surface area contributed by atoms with Crippen LogP contribution in [0.25, 0.3) is 0 Å². The van der Waals surface area contributed by atoms with Gasteiger partial charge in [-0.15, -0.1) is 0 Å². The van der Waals surface area contributed by atoms with Crippen LogP contribution in [-0.2, 0) is 0 Å². The average Bonchev–Trinajstić information content (AvgIpc) is 2.83. The van der Waals surface area contributed by atoms with Crippen LogP contribution in [0.1, 0.15) is 44.0 Å². The van der Waals surface area contributed by atoms with E-state index in [1.807, 2.05) is 42.5 Å². The highest BCUT2D eigenvalue weighted by molar-refractivity contribution is 7.98. The Hall–Kier alpha value is -2.28. The molecule has 1 unspecified atom stereocenters. The first-order valence-corrected chi connectivity index (χ1v) is 11.4. The summed E-state index contributed by atoms with van der Waals surface area (Å²) >= 11 is 1.47. The zero-order valence-electron chi connectivity index (χ0n) is 18.5. The number of likely N-dealkylation sites (N-methyl/N-ethyl adjacent to an activating group) is 1. The van der Waals surface area contributed by atoms with E-state index in [9.17, 15) is 4.79 Å². The highest BCUT2D eigenvalue weighted by Crippen LogP contribution is 2.29. The Morgan fingerprint density at radius 3 is 2.77 bits per heavy atom. The van der Waals surface area contributed by atoms with Crippen molar-refractivity contribution in [2.45, 2.75) is 44.9 Å². The number of amides is 1. The molecule has 0 fully saturated rings. The van der Waals surface area contributed by atoms with Crippen molar-refractivity contribution >= 4 is 29.2 Å². The minimum atomic E-state index is -0.135. The molecule has 1 aromatic heterocycles. The Kier molecular flexibility index (Phi) is 6.91. The number of nitrogens with zero attached hydrogens (tertiary/aromatic N) is 4. The quantitative estimate of drug-likeness (QED) is 0.492. The SMILES string of the molecule is [CH2]C(CCC(C)(C)C)Oc1cccc(N2CCN(C)c3nc(SC)ncc3C2=O)c1. The maximum absolute atomic E-state index is 13.3. The number of hydrogen-bond donors (Lipinski definition) is 0. The molecule has 0 N–H and O–H groups in total. The molecule has 1 radical (unpaired) electrons. The predicted molar refractivity (Wildman–Crippen MR) is 124 cm³/mol. The van der Waals surface area contributed by atoms with E-state index in [4.69, 9.17) is 4.74 Å². The van der Waals surface area contributed by atoms with Gasteiger partial charge in [0.25, 0.3) is 5.91 Å². The summed E-state index contributed by atoms with van der Waals surface area (Å²) in [7, 11) is 1.95. The van der Waals surface area contributed by atoms with Crippen LogP contribution < -0.4 is 14.5 Å². The molecule has 1 aromatic carbocycles. The molecule has 0 bridgehead atoms. The Morgan fingerprint density at radius 1 is 1.30 bits per heavy atom. The molecule has 2 aromatic rings. The van der Waals surface area contributed by atoms with E-state index >= 15 is 0 Å². The molecule has 161 valence electrons. The highest BCUT2D eigenvalue weighted by atomic mass is 32.2. The molecule has 0 aliphatic carbocycles. The molecule has 1 aliphatic rings. The van der Waals surface area contributed by atoms with Crippen molar-refractivity contribution in [1.82, 2.24) is 9.97 Å². The number of carbonyl (C=O) groups excluding carboxylic acids is 1. The molecule has 1 aliphatic heterocycles.